The van der Waals surface area contributed by atoms with Gasteiger partial charge in [0.2, 0.25) is 17.7 Å². The van der Waals surface area contributed by atoms with Crippen LogP contribution in [0.5, 0.6) is 0 Å². The molecule has 2 amide bonds. The predicted octanol–water partition coefficient (Wildman–Crippen LogP) is 0.816. The first-order chi connectivity index (χ1) is 10.6. The largest absolute Gasteiger partial charge is 0.345 e. The second-order valence-electron chi connectivity index (χ2n) is 6.18. The number of likely N-dealkylation sites (N-methyl/N-ethyl adjacent to an activating group) is 1. The Labute approximate surface area is 129 Å². The van der Waals surface area contributed by atoms with Crippen LogP contribution in [-0.4, -0.2) is 58.4 Å². The lowest BCUT2D eigenvalue weighted by Gasteiger charge is -2.36. The molecular formula is C15H22N4O3. The zero-order valence-corrected chi connectivity index (χ0v) is 13.1. The summed E-state index contributed by atoms with van der Waals surface area (Å²) in [5.41, 5.74) is 0. The van der Waals surface area contributed by atoms with Gasteiger partial charge in [-0.15, -0.1) is 0 Å². The molecule has 0 unspecified atom stereocenters. The molecule has 1 aliphatic carbocycles. The second kappa shape index (κ2) is 6.06. The number of likely N-dealkylation sites (tertiary alicyclic amines) is 1. The maximum Gasteiger partial charge on any atom is 0.233 e. The quantitative estimate of drug-likeness (QED) is 0.777. The molecule has 1 saturated heterocycles. The molecular weight excluding hydrogens is 284 g/mol. The van der Waals surface area contributed by atoms with E-state index in [0.717, 1.165) is 12.8 Å². The smallest absolute Gasteiger partial charge is 0.233 e. The van der Waals surface area contributed by atoms with E-state index in [-0.39, 0.29) is 23.7 Å². The zero-order valence-electron chi connectivity index (χ0n) is 13.1. The summed E-state index contributed by atoms with van der Waals surface area (Å²) in [4.78, 5) is 31.3. The topological polar surface area (TPSA) is 79.5 Å². The van der Waals surface area contributed by atoms with E-state index >= 15 is 0 Å². The van der Waals surface area contributed by atoms with Crippen LogP contribution in [0.1, 0.15) is 43.8 Å². The summed E-state index contributed by atoms with van der Waals surface area (Å²) < 4.78 is 5.28. The molecule has 120 valence electrons. The highest BCUT2D eigenvalue weighted by Crippen LogP contribution is 2.30. The SMILES string of the molecule is CCC(=O)N1CC(c2nc(CCN(C)C(=O)C3CC3)no2)C1. The summed E-state index contributed by atoms with van der Waals surface area (Å²) in [6, 6.07) is 0. The van der Waals surface area contributed by atoms with Gasteiger partial charge in [-0.3, -0.25) is 9.59 Å². The van der Waals surface area contributed by atoms with Gasteiger partial charge in [0.15, 0.2) is 5.82 Å². The molecule has 2 heterocycles. The Kier molecular flexibility index (Phi) is 4.13. The van der Waals surface area contributed by atoms with Crippen LogP contribution in [0.15, 0.2) is 4.52 Å². The fourth-order valence-corrected chi connectivity index (χ4v) is 2.62. The minimum atomic E-state index is 0.155. The average molecular weight is 306 g/mol. The molecule has 0 aromatic carbocycles. The molecule has 0 spiro atoms. The first kappa shape index (κ1) is 15.0. The van der Waals surface area contributed by atoms with Gasteiger partial charge in [0.25, 0.3) is 0 Å². The van der Waals surface area contributed by atoms with Crippen molar-refractivity contribution < 1.29 is 14.1 Å². The van der Waals surface area contributed by atoms with E-state index in [1.807, 2.05) is 14.0 Å². The number of nitrogens with zero attached hydrogens (tertiary/aromatic N) is 4. The van der Waals surface area contributed by atoms with Crippen LogP contribution in [0.25, 0.3) is 0 Å². The number of hydrogen-bond acceptors (Lipinski definition) is 5. The minimum Gasteiger partial charge on any atom is -0.345 e. The third-order valence-corrected chi connectivity index (χ3v) is 4.34. The average Bonchev–Trinajstić information content (AvgIpc) is 3.22. The number of hydrogen-bond donors (Lipinski definition) is 0. The van der Waals surface area contributed by atoms with Crippen molar-refractivity contribution in [3.05, 3.63) is 11.7 Å². The van der Waals surface area contributed by atoms with Crippen molar-refractivity contribution in [2.75, 3.05) is 26.7 Å². The molecule has 0 atom stereocenters. The Hall–Kier alpha value is -1.92. The van der Waals surface area contributed by atoms with Gasteiger partial charge in [0, 0.05) is 45.4 Å². The van der Waals surface area contributed by atoms with Crippen LogP contribution >= 0.6 is 0 Å². The van der Waals surface area contributed by atoms with E-state index in [2.05, 4.69) is 10.1 Å². The van der Waals surface area contributed by atoms with Gasteiger partial charge in [-0.1, -0.05) is 12.1 Å². The van der Waals surface area contributed by atoms with E-state index in [9.17, 15) is 9.59 Å². The molecule has 1 saturated carbocycles. The fourth-order valence-electron chi connectivity index (χ4n) is 2.62. The van der Waals surface area contributed by atoms with E-state index in [1.54, 1.807) is 9.80 Å². The fraction of sp³-hybridized carbons (Fsp3) is 0.733. The Morgan fingerprint density at radius 2 is 2.09 bits per heavy atom. The molecule has 0 bridgehead atoms. The lowest BCUT2D eigenvalue weighted by Crippen LogP contribution is -2.48. The third kappa shape index (κ3) is 3.13. The van der Waals surface area contributed by atoms with Crippen LogP contribution in [0.4, 0.5) is 0 Å². The molecule has 0 N–H and O–H groups in total. The summed E-state index contributed by atoms with van der Waals surface area (Å²) in [6.45, 7) is 3.79. The van der Waals surface area contributed by atoms with E-state index in [1.165, 1.54) is 0 Å². The van der Waals surface area contributed by atoms with Crippen LogP contribution in [0.2, 0.25) is 0 Å². The number of carbonyl (C=O) groups excluding carboxylic acids is 2. The van der Waals surface area contributed by atoms with Crippen LogP contribution < -0.4 is 0 Å². The first-order valence-electron chi connectivity index (χ1n) is 7.93. The number of amides is 2. The van der Waals surface area contributed by atoms with E-state index < -0.39 is 0 Å². The summed E-state index contributed by atoms with van der Waals surface area (Å²) in [6.07, 6.45) is 3.17. The Bertz CT molecular complexity index is 561. The molecule has 2 fully saturated rings. The maximum atomic E-state index is 11.8. The number of aromatic nitrogens is 2. The zero-order chi connectivity index (χ0) is 15.7. The normalized spacial score (nSPS) is 18.2. The molecule has 1 aromatic heterocycles. The van der Waals surface area contributed by atoms with Gasteiger partial charge in [-0.25, -0.2) is 0 Å². The monoisotopic (exact) mass is 306 g/mol. The summed E-state index contributed by atoms with van der Waals surface area (Å²) in [5.74, 6) is 2.01. The highest BCUT2D eigenvalue weighted by molar-refractivity contribution is 5.80. The highest BCUT2D eigenvalue weighted by atomic mass is 16.5. The van der Waals surface area contributed by atoms with Gasteiger partial charge in [-0.2, -0.15) is 4.98 Å². The van der Waals surface area contributed by atoms with Gasteiger partial charge in [-0.05, 0) is 12.8 Å². The van der Waals surface area contributed by atoms with Crippen molar-refractivity contribution in [3.63, 3.8) is 0 Å². The second-order valence-corrected chi connectivity index (χ2v) is 6.18. The molecule has 7 nitrogen and oxygen atoms in total. The third-order valence-electron chi connectivity index (χ3n) is 4.34. The lowest BCUT2D eigenvalue weighted by molar-refractivity contribution is -0.135. The minimum absolute atomic E-state index is 0.155. The summed E-state index contributed by atoms with van der Waals surface area (Å²) in [7, 11) is 1.82. The predicted molar refractivity (Wildman–Crippen MR) is 78.0 cm³/mol. The van der Waals surface area contributed by atoms with Crippen LogP contribution in [-0.2, 0) is 16.0 Å². The molecule has 1 aromatic rings. The van der Waals surface area contributed by atoms with Gasteiger partial charge in [0.05, 0.1) is 5.92 Å². The van der Waals surface area contributed by atoms with Gasteiger partial charge >= 0.3 is 0 Å². The Morgan fingerprint density at radius 3 is 2.73 bits per heavy atom. The molecule has 0 radical (unpaired) electrons. The van der Waals surface area contributed by atoms with Gasteiger partial charge < -0.3 is 14.3 Å². The summed E-state index contributed by atoms with van der Waals surface area (Å²) >= 11 is 0. The Morgan fingerprint density at radius 1 is 1.36 bits per heavy atom. The van der Waals surface area contributed by atoms with Crippen molar-refractivity contribution in [3.8, 4) is 0 Å². The van der Waals surface area contributed by atoms with Gasteiger partial charge in [0.1, 0.15) is 0 Å². The van der Waals surface area contributed by atoms with E-state index in [4.69, 9.17) is 4.52 Å². The number of carbonyl (C=O) groups is 2. The first-order valence-corrected chi connectivity index (χ1v) is 7.93. The van der Waals surface area contributed by atoms with Crippen molar-refractivity contribution in [2.24, 2.45) is 5.92 Å². The molecule has 3 rings (SSSR count). The molecule has 7 heteroatoms. The summed E-state index contributed by atoms with van der Waals surface area (Å²) in [5, 5.41) is 3.97. The highest BCUT2D eigenvalue weighted by Gasteiger charge is 2.35. The van der Waals surface area contributed by atoms with Crippen LogP contribution in [0.3, 0.4) is 0 Å². The van der Waals surface area contributed by atoms with Crippen molar-refractivity contribution in [1.29, 1.82) is 0 Å². The Balaban J connectivity index is 1.46. The molecule has 22 heavy (non-hydrogen) atoms. The van der Waals surface area contributed by atoms with Crippen LogP contribution in [0, 0.1) is 5.92 Å². The lowest BCUT2D eigenvalue weighted by atomic mass is 10.00. The molecule has 1 aliphatic heterocycles. The standard InChI is InChI=1S/C15H22N4O3/c1-3-13(20)19-8-11(9-19)14-16-12(17-22-14)6-7-18(2)15(21)10-4-5-10/h10-11H,3-9H2,1-2H3. The van der Waals surface area contributed by atoms with Crippen molar-refractivity contribution >= 4 is 11.8 Å². The maximum absolute atomic E-state index is 11.8. The van der Waals surface area contributed by atoms with Crippen molar-refractivity contribution in [2.45, 2.75) is 38.5 Å². The van der Waals surface area contributed by atoms with E-state index in [0.29, 0.717) is 44.2 Å². The number of rotatable bonds is 6. The molecule has 2 aliphatic rings. The van der Waals surface area contributed by atoms with Crippen molar-refractivity contribution in [1.82, 2.24) is 19.9 Å².